The lowest BCUT2D eigenvalue weighted by molar-refractivity contribution is 0.0526. The standard InChI is InChI=1S/C29H26N2O7/c1-4-37-28(34)18-12-14-19(15-13-18)38-29(35)31(2)24-10-7-8-21-20(24)16-17-22(26(21)32)27(33)30-23-9-5-6-11-25(23)36-3/h5-17,32H,4H2,1-3H3,(H,30,33). The van der Waals surface area contributed by atoms with E-state index in [-0.39, 0.29) is 23.7 Å². The number of aromatic hydroxyl groups is 1. The van der Waals surface area contributed by atoms with Crippen molar-refractivity contribution in [3.05, 3.63) is 90.0 Å². The first-order valence-electron chi connectivity index (χ1n) is 11.8. The summed E-state index contributed by atoms with van der Waals surface area (Å²) in [6.07, 6.45) is -0.682. The maximum absolute atomic E-state index is 12.9. The molecule has 0 bridgehead atoms. The molecule has 4 aromatic rings. The Labute approximate surface area is 219 Å². The van der Waals surface area contributed by atoms with E-state index in [2.05, 4.69) is 5.32 Å². The summed E-state index contributed by atoms with van der Waals surface area (Å²) in [6, 6.07) is 21.1. The molecule has 0 spiro atoms. The number of anilines is 2. The van der Waals surface area contributed by atoms with Crippen LogP contribution in [0.5, 0.6) is 17.2 Å². The molecule has 0 heterocycles. The van der Waals surface area contributed by atoms with Crippen molar-refractivity contribution in [3.63, 3.8) is 0 Å². The number of amides is 2. The van der Waals surface area contributed by atoms with E-state index in [0.717, 1.165) is 0 Å². The summed E-state index contributed by atoms with van der Waals surface area (Å²) in [5.41, 5.74) is 1.33. The summed E-state index contributed by atoms with van der Waals surface area (Å²) >= 11 is 0. The number of ether oxygens (including phenoxy) is 3. The van der Waals surface area contributed by atoms with Crippen molar-refractivity contribution in [2.45, 2.75) is 6.92 Å². The summed E-state index contributed by atoms with van der Waals surface area (Å²) in [5, 5.41) is 14.6. The monoisotopic (exact) mass is 514 g/mol. The van der Waals surface area contributed by atoms with Gasteiger partial charge in [0.2, 0.25) is 0 Å². The molecule has 4 rings (SSSR count). The largest absolute Gasteiger partial charge is 0.506 e. The summed E-state index contributed by atoms with van der Waals surface area (Å²) in [5.74, 6) is -0.479. The SMILES string of the molecule is CCOC(=O)c1ccc(OC(=O)N(C)c2cccc3c(O)c(C(=O)Nc4ccccc4OC)ccc23)cc1. The second-order valence-electron chi connectivity index (χ2n) is 8.16. The predicted octanol–water partition coefficient (Wildman–Crippen LogP) is 5.62. The van der Waals surface area contributed by atoms with Crippen molar-refractivity contribution in [2.75, 3.05) is 31.0 Å². The van der Waals surface area contributed by atoms with Gasteiger partial charge in [-0.1, -0.05) is 30.3 Å². The van der Waals surface area contributed by atoms with Gasteiger partial charge in [-0.2, -0.15) is 0 Å². The fourth-order valence-corrected chi connectivity index (χ4v) is 3.88. The van der Waals surface area contributed by atoms with Crippen molar-refractivity contribution in [2.24, 2.45) is 0 Å². The predicted molar refractivity (Wildman–Crippen MR) is 143 cm³/mol. The normalized spacial score (nSPS) is 10.5. The van der Waals surface area contributed by atoms with Crippen LogP contribution in [-0.4, -0.2) is 43.8 Å². The maximum atomic E-state index is 12.9. The first-order chi connectivity index (χ1) is 18.3. The first kappa shape index (κ1) is 26.0. The van der Waals surface area contributed by atoms with Crippen LogP contribution in [0.4, 0.5) is 16.2 Å². The number of phenolic OH excluding ortho intramolecular Hbond substituents is 1. The summed E-state index contributed by atoms with van der Waals surface area (Å²) in [4.78, 5) is 38.9. The zero-order valence-corrected chi connectivity index (χ0v) is 21.1. The summed E-state index contributed by atoms with van der Waals surface area (Å²) in [7, 11) is 3.03. The molecule has 0 unspecified atom stereocenters. The third-order valence-corrected chi connectivity index (χ3v) is 5.82. The minimum absolute atomic E-state index is 0.0625. The average molecular weight is 515 g/mol. The average Bonchev–Trinajstić information content (AvgIpc) is 2.93. The highest BCUT2D eigenvalue weighted by molar-refractivity contribution is 6.12. The Morgan fingerprint density at radius 2 is 1.63 bits per heavy atom. The van der Waals surface area contributed by atoms with Crippen LogP contribution in [0, 0.1) is 0 Å². The molecule has 9 nitrogen and oxygen atoms in total. The molecular formula is C29H26N2O7. The molecule has 0 saturated carbocycles. The van der Waals surface area contributed by atoms with Gasteiger partial charge in [0.25, 0.3) is 5.91 Å². The van der Waals surface area contributed by atoms with Gasteiger partial charge in [-0.15, -0.1) is 0 Å². The van der Waals surface area contributed by atoms with Gasteiger partial charge in [0.15, 0.2) is 0 Å². The van der Waals surface area contributed by atoms with E-state index in [0.29, 0.717) is 33.5 Å². The number of phenols is 1. The second kappa shape index (κ2) is 11.3. The Balaban J connectivity index is 1.55. The molecule has 2 amide bonds. The molecule has 0 atom stereocenters. The number of methoxy groups -OCH3 is 1. The van der Waals surface area contributed by atoms with Crippen LogP contribution < -0.4 is 19.7 Å². The summed E-state index contributed by atoms with van der Waals surface area (Å²) in [6.45, 7) is 1.98. The van der Waals surface area contributed by atoms with Gasteiger partial charge in [-0.3, -0.25) is 9.69 Å². The van der Waals surface area contributed by atoms with Crippen molar-refractivity contribution >= 4 is 40.1 Å². The lowest BCUT2D eigenvalue weighted by atomic mass is 10.0. The highest BCUT2D eigenvalue weighted by Crippen LogP contribution is 2.35. The van der Waals surface area contributed by atoms with Crippen LogP contribution in [0.3, 0.4) is 0 Å². The van der Waals surface area contributed by atoms with Crippen molar-refractivity contribution in [1.82, 2.24) is 0 Å². The molecule has 0 aliphatic rings. The van der Waals surface area contributed by atoms with Gasteiger partial charge < -0.3 is 24.6 Å². The fourth-order valence-electron chi connectivity index (χ4n) is 3.88. The third-order valence-electron chi connectivity index (χ3n) is 5.82. The first-order valence-corrected chi connectivity index (χ1v) is 11.8. The van der Waals surface area contributed by atoms with Crippen molar-refractivity contribution < 1.29 is 33.7 Å². The number of esters is 1. The quantitative estimate of drug-likeness (QED) is 0.308. The smallest absolute Gasteiger partial charge is 0.419 e. The molecule has 9 heteroatoms. The lowest BCUT2D eigenvalue weighted by Crippen LogP contribution is -2.29. The van der Waals surface area contributed by atoms with Crippen LogP contribution in [0.15, 0.2) is 78.9 Å². The number of rotatable bonds is 7. The Bertz CT molecular complexity index is 1500. The molecule has 194 valence electrons. The molecule has 0 radical (unpaired) electrons. The van der Waals surface area contributed by atoms with Gasteiger partial charge in [0, 0.05) is 17.8 Å². The molecule has 0 aliphatic heterocycles. The van der Waals surface area contributed by atoms with Crippen LogP contribution in [-0.2, 0) is 4.74 Å². The van der Waals surface area contributed by atoms with Gasteiger partial charge >= 0.3 is 12.1 Å². The number of hydrogen-bond donors (Lipinski definition) is 2. The number of hydrogen-bond acceptors (Lipinski definition) is 7. The number of nitrogens with one attached hydrogen (secondary N) is 1. The van der Waals surface area contributed by atoms with Crippen molar-refractivity contribution in [3.8, 4) is 17.2 Å². The van der Waals surface area contributed by atoms with E-state index in [1.807, 2.05) is 0 Å². The fraction of sp³-hybridized carbons (Fsp3) is 0.138. The molecule has 38 heavy (non-hydrogen) atoms. The van der Waals surface area contributed by atoms with Crippen LogP contribution in [0.1, 0.15) is 27.6 Å². The minimum atomic E-state index is -0.682. The zero-order chi connectivity index (χ0) is 27.2. The van der Waals surface area contributed by atoms with E-state index >= 15 is 0 Å². The van der Waals surface area contributed by atoms with Crippen LogP contribution >= 0.6 is 0 Å². The van der Waals surface area contributed by atoms with E-state index in [4.69, 9.17) is 14.2 Å². The topological polar surface area (TPSA) is 114 Å². The Kier molecular flexibility index (Phi) is 7.77. The Hall–Kier alpha value is -5.05. The second-order valence-corrected chi connectivity index (χ2v) is 8.16. The Morgan fingerprint density at radius 3 is 2.34 bits per heavy atom. The lowest BCUT2D eigenvalue weighted by Gasteiger charge is -2.20. The van der Waals surface area contributed by atoms with Gasteiger partial charge in [-0.05, 0) is 55.5 Å². The van der Waals surface area contributed by atoms with Gasteiger partial charge in [-0.25, -0.2) is 9.59 Å². The molecule has 0 saturated heterocycles. The molecule has 2 N–H and O–H groups in total. The molecular weight excluding hydrogens is 488 g/mol. The number of benzene rings is 4. The molecule has 0 fully saturated rings. The highest BCUT2D eigenvalue weighted by Gasteiger charge is 2.20. The number of carbonyl (C=O) groups excluding carboxylic acids is 3. The van der Waals surface area contributed by atoms with E-state index < -0.39 is 18.0 Å². The number of fused-ring (bicyclic) bond motifs is 1. The number of carbonyl (C=O) groups is 3. The zero-order valence-electron chi connectivity index (χ0n) is 21.1. The highest BCUT2D eigenvalue weighted by atomic mass is 16.6. The summed E-state index contributed by atoms with van der Waals surface area (Å²) < 4.78 is 15.7. The molecule has 4 aromatic carbocycles. The van der Waals surface area contributed by atoms with Crippen LogP contribution in [0.25, 0.3) is 10.8 Å². The Morgan fingerprint density at radius 1 is 0.895 bits per heavy atom. The third kappa shape index (κ3) is 5.36. The van der Waals surface area contributed by atoms with E-state index in [1.165, 1.54) is 49.4 Å². The molecule has 0 aromatic heterocycles. The number of nitrogens with zero attached hydrogens (tertiary/aromatic N) is 1. The van der Waals surface area contributed by atoms with Crippen LogP contribution in [0.2, 0.25) is 0 Å². The minimum Gasteiger partial charge on any atom is -0.506 e. The van der Waals surface area contributed by atoms with E-state index in [9.17, 15) is 19.5 Å². The van der Waals surface area contributed by atoms with Crippen molar-refractivity contribution in [1.29, 1.82) is 0 Å². The molecule has 0 aliphatic carbocycles. The number of para-hydroxylation sites is 2. The van der Waals surface area contributed by atoms with E-state index in [1.54, 1.807) is 55.5 Å². The van der Waals surface area contributed by atoms with Gasteiger partial charge in [0.1, 0.15) is 17.2 Å². The van der Waals surface area contributed by atoms with Gasteiger partial charge in [0.05, 0.1) is 36.2 Å². The maximum Gasteiger partial charge on any atom is 0.419 e.